The Morgan fingerprint density at radius 3 is 1.89 bits per heavy atom. The Labute approximate surface area is 111 Å². The first kappa shape index (κ1) is 19.3. The quantitative estimate of drug-likeness (QED) is 0.772. The first-order valence-corrected chi connectivity index (χ1v) is 6.43. The second kappa shape index (κ2) is 8.11. The van der Waals surface area contributed by atoms with Gasteiger partial charge in [0, 0.05) is 13.5 Å². The van der Waals surface area contributed by atoms with E-state index in [9.17, 15) is 9.59 Å². The molecule has 0 aliphatic heterocycles. The highest BCUT2D eigenvalue weighted by molar-refractivity contribution is 5.76. The zero-order valence-electron chi connectivity index (χ0n) is 13.1. The van der Waals surface area contributed by atoms with Crippen molar-refractivity contribution in [3.05, 3.63) is 0 Å². The third kappa shape index (κ3) is 8.09. The molecular weight excluding hydrogens is 230 g/mol. The van der Waals surface area contributed by atoms with Crippen molar-refractivity contribution in [1.29, 1.82) is 0 Å². The summed E-state index contributed by atoms with van der Waals surface area (Å²) >= 11 is 0. The summed E-state index contributed by atoms with van der Waals surface area (Å²) in [5.41, 5.74) is -0.667. The fourth-order valence-electron chi connectivity index (χ4n) is 1.97. The maximum Gasteiger partial charge on any atom is 0.311 e. The lowest BCUT2D eigenvalue weighted by Gasteiger charge is -2.33. The molecule has 0 radical (unpaired) electrons. The molecule has 1 amide bonds. The molecular formula is C14H29NO3. The van der Waals surface area contributed by atoms with E-state index in [0.29, 0.717) is 13.0 Å². The summed E-state index contributed by atoms with van der Waals surface area (Å²) in [6.45, 7) is 13.8. The van der Waals surface area contributed by atoms with Crippen LogP contribution in [0.3, 0.4) is 0 Å². The number of hydrogen-bond acceptors (Lipinski definition) is 3. The number of nitrogens with one attached hydrogen (secondary N) is 1. The third-order valence-corrected chi connectivity index (χ3v) is 2.47. The number of ether oxygens (including phenoxy) is 1. The van der Waals surface area contributed by atoms with Gasteiger partial charge < -0.3 is 10.1 Å². The number of carbonyl (C=O) groups excluding carboxylic acids is 2. The van der Waals surface area contributed by atoms with Crippen molar-refractivity contribution in [1.82, 2.24) is 5.32 Å². The first-order valence-electron chi connectivity index (χ1n) is 6.43. The van der Waals surface area contributed by atoms with Gasteiger partial charge in [-0.1, -0.05) is 27.7 Å². The van der Waals surface area contributed by atoms with Crippen LogP contribution in [0.2, 0.25) is 0 Å². The van der Waals surface area contributed by atoms with Crippen LogP contribution in [0.15, 0.2) is 0 Å². The molecule has 0 aromatic carbocycles. The topological polar surface area (TPSA) is 55.4 Å². The van der Waals surface area contributed by atoms with E-state index in [2.05, 4.69) is 5.32 Å². The van der Waals surface area contributed by atoms with Gasteiger partial charge in [-0.3, -0.25) is 9.59 Å². The van der Waals surface area contributed by atoms with Crippen molar-refractivity contribution in [3.63, 3.8) is 0 Å². The zero-order valence-corrected chi connectivity index (χ0v) is 13.1. The molecule has 4 nitrogen and oxygen atoms in total. The molecule has 0 saturated heterocycles. The minimum Gasteiger partial charge on any atom is -0.469 e. The van der Waals surface area contributed by atoms with Gasteiger partial charge in [0.2, 0.25) is 5.91 Å². The second-order valence-electron chi connectivity index (χ2n) is 5.63. The van der Waals surface area contributed by atoms with Crippen LogP contribution in [0.5, 0.6) is 0 Å². The van der Waals surface area contributed by atoms with Crippen LogP contribution in [0.1, 0.15) is 54.9 Å². The molecule has 0 spiro atoms. The van der Waals surface area contributed by atoms with Crippen molar-refractivity contribution < 1.29 is 14.3 Å². The van der Waals surface area contributed by atoms with E-state index >= 15 is 0 Å². The molecule has 0 atom stereocenters. The second-order valence-corrected chi connectivity index (χ2v) is 5.63. The Kier molecular flexibility index (Phi) is 8.69. The fraction of sp³-hybridized carbons (Fsp3) is 0.857. The van der Waals surface area contributed by atoms with E-state index in [1.165, 1.54) is 14.0 Å². The Morgan fingerprint density at radius 1 is 1.11 bits per heavy atom. The molecule has 0 heterocycles. The molecule has 0 aromatic rings. The Morgan fingerprint density at radius 2 is 1.56 bits per heavy atom. The molecule has 0 rings (SSSR count). The SMILES string of the molecule is CC.COC(=O)C(C)(C)CC(C)(C)CNC(C)=O. The lowest BCUT2D eigenvalue weighted by Crippen LogP contribution is -2.38. The minimum atomic E-state index is -0.531. The molecule has 0 fully saturated rings. The number of esters is 1. The van der Waals surface area contributed by atoms with E-state index in [4.69, 9.17) is 4.74 Å². The van der Waals surface area contributed by atoms with E-state index < -0.39 is 5.41 Å². The van der Waals surface area contributed by atoms with Crippen LogP contribution >= 0.6 is 0 Å². The Bertz CT molecular complexity index is 270. The van der Waals surface area contributed by atoms with Crippen LogP contribution in [0.4, 0.5) is 0 Å². The largest absolute Gasteiger partial charge is 0.469 e. The summed E-state index contributed by atoms with van der Waals surface area (Å²) < 4.78 is 4.76. The van der Waals surface area contributed by atoms with Gasteiger partial charge in [-0.25, -0.2) is 0 Å². The van der Waals surface area contributed by atoms with E-state index in [1.54, 1.807) is 0 Å². The number of carbonyl (C=O) groups is 2. The molecule has 0 bridgehead atoms. The number of amides is 1. The first-order chi connectivity index (χ1) is 8.10. The van der Waals surface area contributed by atoms with Gasteiger partial charge in [0.15, 0.2) is 0 Å². The third-order valence-electron chi connectivity index (χ3n) is 2.47. The summed E-state index contributed by atoms with van der Waals surface area (Å²) in [7, 11) is 1.39. The van der Waals surface area contributed by atoms with Crippen LogP contribution in [0.25, 0.3) is 0 Å². The Balaban J connectivity index is 0. The standard InChI is InChI=1S/C12H23NO3.C2H6/c1-9(14)13-8-11(2,3)7-12(4,5)10(15)16-6;1-2/h7-8H2,1-6H3,(H,13,14);1-2H3. The molecule has 0 saturated carbocycles. The van der Waals surface area contributed by atoms with Gasteiger partial charge >= 0.3 is 5.97 Å². The van der Waals surface area contributed by atoms with E-state index in [1.807, 2.05) is 41.5 Å². The lowest BCUT2D eigenvalue weighted by atomic mass is 9.75. The summed E-state index contributed by atoms with van der Waals surface area (Å²) in [6.07, 6.45) is 0.660. The monoisotopic (exact) mass is 259 g/mol. The van der Waals surface area contributed by atoms with Crippen molar-refractivity contribution >= 4 is 11.9 Å². The molecule has 0 aliphatic carbocycles. The maximum atomic E-state index is 11.5. The number of rotatable bonds is 5. The van der Waals surface area contributed by atoms with Crippen LogP contribution in [-0.2, 0) is 14.3 Å². The van der Waals surface area contributed by atoms with Gasteiger partial charge in [0.05, 0.1) is 12.5 Å². The fourth-order valence-corrected chi connectivity index (χ4v) is 1.97. The van der Waals surface area contributed by atoms with Gasteiger partial charge in [0.1, 0.15) is 0 Å². The number of hydrogen-bond donors (Lipinski definition) is 1. The molecule has 108 valence electrons. The van der Waals surface area contributed by atoms with Crippen molar-refractivity contribution in [2.24, 2.45) is 10.8 Å². The molecule has 18 heavy (non-hydrogen) atoms. The molecule has 0 unspecified atom stereocenters. The lowest BCUT2D eigenvalue weighted by molar-refractivity contribution is -0.152. The van der Waals surface area contributed by atoms with Gasteiger partial charge in [-0.2, -0.15) is 0 Å². The summed E-state index contributed by atoms with van der Waals surface area (Å²) in [4.78, 5) is 22.4. The smallest absolute Gasteiger partial charge is 0.311 e. The van der Waals surface area contributed by atoms with E-state index in [0.717, 1.165) is 0 Å². The number of methoxy groups -OCH3 is 1. The van der Waals surface area contributed by atoms with Gasteiger partial charge in [-0.15, -0.1) is 0 Å². The molecule has 4 heteroatoms. The average Bonchev–Trinajstić information content (AvgIpc) is 2.27. The van der Waals surface area contributed by atoms with Gasteiger partial charge in [-0.05, 0) is 25.7 Å². The zero-order chi connectivity index (χ0) is 15.0. The highest BCUT2D eigenvalue weighted by Gasteiger charge is 2.35. The minimum absolute atomic E-state index is 0.0519. The normalized spacial score (nSPS) is 11.1. The van der Waals surface area contributed by atoms with Crippen LogP contribution in [0, 0.1) is 10.8 Å². The summed E-state index contributed by atoms with van der Waals surface area (Å²) in [6, 6.07) is 0. The summed E-state index contributed by atoms with van der Waals surface area (Å²) in [5.74, 6) is -0.271. The predicted octanol–water partition coefficient (Wildman–Crippen LogP) is 2.76. The van der Waals surface area contributed by atoms with E-state index in [-0.39, 0.29) is 17.3 Å². The van der Waals surface area contributed by atoms with Crippen molar-refractivity contribution in [2.75, 3.05) is 13.7 Å². The summed E-state index contributed by atoms with van der Waals surface area (Å²) in [5, 5.41) is 2.77. The van der Waals surface area contributed by atoms with Gasteiger partial charge in [0.25, 0.3) is 0 Å². The highest BCUT2D eigenvalue weighted by Crippen LogP contribution is 2.34. The van der Waals surface area contributed by atoms with Crippen LogP contribution in [-0.4, -0.2) is 25.5 Å². The Hall–Kier alpha value is -1.06. The molecule has 1 N–H and O–H groups in total. The van der Waals surface area contributed by atoms with Crippen molar-refractivity contribution in [3.8, 4) is 0 Å². The predicted molar refractivity (Wildman–Crippen MR) is 74.2 cm³/mol. The molecule has 0 aromatic heterocycles. The maximum absolute atomic E-state index is 11.5. The average molecular weight is 259 g/mol. The van der Waals surface area contributed by atoms with Crippen LogP contribution < -0.4 is 5.32 Å². The molecule has 0 aliphatic rings. The highest BCUT2D eigenvalue weighted by atomic mass is 16.5. The van der Waals surface area contributed by atoms with Crippen molar-refractivity contribution in [2.45, 2.75) is 54.9 Å².